The highest BCUT2D eigenvalue weighted by Gasteiger charge is 2.32. The molecule has 2 aliphatic carbocycles. The van der Waals surface area contributed by atoms with E-state index in [1.54, 1.807) is 12.1 Å². The van der Waals surface area contributed by atoms with Gasteiger partial charge in [0, 0.05) is 9.13 Å². The van der Waals surface area contributed by atoms with Gasteiger partial charge in [-0.15, -0.1) is 0 Å². The van der Waals surface area contributed by atoms with Crippen molar-refractivity contribution in [1.82, 2.24) is 0 Å². The van der Waals surface area contributed by atoms with Gasteiger partial charge >= 0.3 is 0 Å². The van der Waals surface area contributed by atoms with Gasteiger partial charge in [0.15, 0.2) is 0 Å². The maximum absolute atomic E-state index is 11.7. The Bertz CT molecular complexity index is 656. The number of halogens is 1. The Balaban J connectivity index is 2.26. The molecular weight excluding hydrogens is 234 g/mol. The summed E-state index contributed by atoms with van der Waals surface area (Å²) in [5, 5.41) is 0.522. The monoisotopic (exact) mass is 250 g/mol. The molecule has 3 heteroatoms. The van der Waals surface area contributed by atoms with Gasteiger partial charge in [0.05, 0.1) is 5.89 Å². The van der Waals surface area contributed by atoms with Crippen molar-refractivity contribution in [3.05, 3.63) is 39.9 Å². The molecular formula is C14H14ClNO. The molecule has 0 saturated carbocycles. The molecule has 1 aromatic carbocycles. The van der Waals surface area contributed by atoms with Gasteiger partial charge in [-0.25, -0.2) is 0 Å². The Morgan fingerprint density at radius 2 is 2.41 bits per heavy atom. The fraction of sp³-hybridized carbons (Fsp3) is 0.357. The normalized spacial score (nSPS) is 32.2. The van der Waals surface area contributed by atoms with Crippen molar-refractivity contribution in [2.24, 2.45) is 11.6 Å². The largest absolute Gasteiger partial charge is 0.369 e. The molecule has 2 nitrogen and oxygen atoms in total. The van der Waals surface area contributed by atoms with Crippen LogP contribution in [0.4, 0.5) is 0 Å². The van der Waals surface area contributed by atoms with Crippen LogP contribution >= 0.6 is 11.6 Å². The second-order valence-electron chi connectivity index (χ2n) is 4.35. The Morgan fingerprint density at radius 1 is 1.59 bits per heavy atom. The number of primary amides is 1. The first-order valence-electron chi connectivity index (χ1n) is 7.08. The number of hydrogen-bond donors (Lipinski definition) is 1. The lowest BCUT2D eigenvalue weighted by Gasteiger charge is -2.22. The number of rotatable bonds is 1. The second kappa shape index (κ2) is 3.88. The molecule has 0 bridgehead atoms. The Kier molecular flexibility index (Phi) is 1.81. The van der Waals surface area contributed by atoms with Crippen LogP contribution < -0.4 is 5.73 Å². The summed E-state index contributed by atoms with van der Waals surface area (Å²) in [5.41, 5.74) is 7.96. The summed E-state index contributed by atoms with van der Waals surface area (Å²) in [6.07, 6.45) is -0.917. The van der Waals surface area contributed by atoms with Gasteiger partial charge < -0.3 is 5.73 Å². The van der Waals surface area contributed by atoms with Gasteiger partial charge in [-0.05, 0) is 60.0 Å². The third-order valence-electron chi connectivity index (χ3n) is 3.35. The molecule has 1 amide bonds. The van der Waals surface area contributed by atoms with Crippen molar-refractivity contribution in [2.75, 3.05) is 0 Å². The summed E-state index contributed by atoms with van der Waals surface area (Å²) in [7, 11) is 0. The van der Waals surface area contributed by atoms with Crippen LogP contribution in [0.5, 0.6) is 0 Å². The molecule has 0 heterocycles. The van der Waals surface area contributed by atoms with E-state index < -0.39 is 18.2 Å². The van der Waals surface area contributed by atoms with E-state index in [2.05, 4.69) is 0 Å². The number of carbonyl (C=O) groups is 1. The summed E-state index contributed by atoms with van der Waals surface area (Å²) in [6, 6.07) is 5.28. The molecule has 0 saturated heterocycles. The van der Waals surface area contributed by atoms with Crippen LogP contribution in [-0.2, 0) is 11.2 Å². The van der Waals surface area contributed by atoms with Crippen LogP contribution in [0.25, 0.3) is 5.57 Å². The molecule has 1 unspecified atom stereocenters. The lowest BCUT2D eigenvalue weighted by atomic mass is 9.82. The molecule has 1 atom stereocenters. The molecule has 0 aromatic heterocycles. The highest BCUT2D eigenvalue weighted by molar-refractivity contribution is 6.30. The summed E-state index contributed by atoms with van der Waals surface area (Å²) < 4.78 is 24.8. The third-order valence-corrected chi connectivity index (χ3v) is 3.58. The van der Waals surface area contributed by atoms with Crippen molar-refractivity contribution in [2.45, 2.75) is 25.6 Å². The first-order chi connectivity index (χ1) is 9.25. The first-order valence-corrected chi connectivity index (χ1v) is 5.96. The fourth-order valence-electron chi connectivity index (χ4n) is 2.57. The van der Waals surface area contributed by atoms with Gasteiger partial charge in [-0.2, -0.15) is 0 Å². The molecule has 0 radical (unpaired) electrons. The quantitative estimate of drug-likeness (QED) is 0.818. The number of allylic oxidation sites excluding steroid dienone is 1. The molecule has 0 fully saturated rings. The van der Waals surface area contributed by atoms with Crippen LogP contribution in [-0.4, -0.2) is 5.91 Å². The molecule has 88 valence electrons. The molecule has 3 rings (SSSR count). The van der Waals surface area contributed by atoms with Gasteiger partial charge in [0.25, 0.3) is 0 Å². The minimum atomic E-state index is -1.55. The number of fused-ring (bicyclic) bond motifs is 2. The van der Waals surface area contributed by atoms with Crippen LogP contribution in [0.3, 0.4) is 0 Å². The van der Waals surface area contributed by atoms with E-state index in [1.165, 1.54) is 0 Å². The zero-order valence-electron chi connectivity index (χ0n) is 12.2. The van der Waals surface area contributed by atoms with E-state index in [0.29, 0.717) is 22.6 Å². The first kappa shape index (κ1) is 7.93. The lowest BCUT2D eigenvalue weighted by Crippen LogP contribution is -2.27. The SMILES string of the molecule is [2H]C1([2H])CCC([2H])(C(N)=O)C2=C1c1cc(Cl)ccc1C2. The minimum absolute atomic E-state index is 0.115. The molecule has 2 aliphatic rings. The maximum atomic E-state index is 11.7. The van der Waals surface area contributed by atoms with Crippen molar-refractivity contribution < 1.29 is 8.91 Å². The molecule has 0 aliphatic heterocycles. The molecule has 0 spiro atoms. The number of carbonyl (C=O) groups excluding carboxylic acids is 1. The van der Waals surface area contributed by atoms with Gasteiger partial charge in [-0.3, -0.25) is 4.79 Å². The van der Waals surface area contributed by atoms with Crippen molar-refractivity contribution in [1.29, 1.82) is 0 Å². The number of benzene rings is 1. The highest BCUT2D eigenvalue weighted by atomic mass is 35.5. The smallest absolute Gasteiger partial charge is 0.224 e. The standard InChI is InChI=1S/C14H14ClNO/c15-9-5-4-8-6-13-10(12(8)7-9)2-1-3-11(13)14(16)17/h4-5,7,11H,1-3,6H2,(H2,16,17)/i2D2,11D. The summed E-state index contributed by atoms with van der Waals surface area (Å²) in [5.74, 6) is -2.22. The predicted molar refractivity (Wildman–Crippen MR) is 68.6 cm³/mol. The molecule has 2 N–H and O–H groups in total. The van der Waals surface area contributed by atoms with Crippen molar-refractivity contribution in [3.8, 4) is 0 Å². The molecule has 17 heavy (non-hydrogen) atoms. The van der Waals surface area contributed by atoms with Crippen LogP contribution in [0.2, 0.25) is 5.02 Å². The molecule has 1 aromatic rings. The van der Waals surface area contributed by atoms with Crippen LogP contribution in [0.15, 0.2) is 23.8 Å². The van der Waals surface area contributed by atoms with Gasteiger partial charge in [0.1, 0.15) is 0 Å². The number of nitrogens with two attached hydrogens (primary N) is 1. The summed E-state index contributed by atoms with van der Waals surface area (Å²) in [4.78, 5) is 11.7. The van der Waals surface area contributed by atoms with Crippen molar-refractivity contribution >= 4 is 23.1 Å². The van der Waals surface area contributed by atoms with E-state index in [4.69, 9.17) is 21.4 Å². The topological polar surface area (TPSA) is 43.1 Å². The number of amides is 1. The zero-order valence-corrected chi connectivity index (χ0v) is 9.97. The Morgan fingerprint density at radius 3 is 3.18 bits per heavy atom. The highest BCUT2D eigenvalue weighted by Crippen LogP contribution is 2.44. The second-order valence-corrected chi connectivity index (χ2v) is 4.79. The van der Waals surface area contributed by atoms with Crippen LogP contribution in [0.1, 0.15) is 34.5 Å². The van der Waals surface area contributed by atoms with Gasteiger partial charge in [0.2, 0.25) is 5.91 Å². The maximum Gasteiger partial charge on any atom is 0.224 e. The minimum Gasteiger partial charge on any atom is -0.369 e. The average molecular weight is 251 g/mol. The van der Waals surface area contributed by atoms with E-state index >= 15 is 0 Å². The number of hydrogen-bond acceptors (Lipinski definition) is 1. The van der Waals surface area contributed by atoms with Crippen molar-refractivity contribution in [3.63, 3.8) is 0 Å². The Hall–Kier alpha value is -1.28. The van der Waals surface area contributed by atoms with E-state index in [9.17, 15) is 4.79 Å². The summed E-state index contributed by atoms with van der Waals surface area (Å²) in [6.45, 7) is 0. The van der Waals surface area contributed by atoms with Gasteiger partial charge in [-0.1, -0.05) is 17.7 Å². The van der Waals surface area contributed by atoms with Crippen LogP contribution in [0, 0.1) is 5.89 Å². The fourth-order valence-corrected chi connectivity index (χ4v) is 2.74. The third kappa shape index (κ3) is 1.67. The average Bonchev–Trinajstić information content (AvgIpc) is 2.74. The predicted octanol–water partition coefficient (Wildman–Crippen LogP) is 2.94. The summed E-state index contributed by atoms with van der Waals surface area (Å²) >= 11 is 6.00. The van der Waals surface area contributed by atoms with E-state index in [0.717, 1.165) is 11.1 Å². The van der Waals surface area contributed by atoms with E-state index in [1.807, 2.05) is 6.07 Å². The van der Waals surface area contributed by atoms with E-state index in [-0.39, 0.29) is 12.8 Å². The lowest BCUT2D eigenvalue weighted by molar-refractivity contribution is -0.121. The zero-order chi connectivity index (χ0) is 14.7. The Labute approximate surface area is 110 Å².